The number of nitrogens with zero attached hydrogens (tertiary/aromatic N) is 2. The van der Waals surface area contributed by atoms with Crippen molar-refractivity contribution in [2.24, 2.45) is 0 Å². The number of rotatable bonds is 8. The van der Waals surface area contributed by atoms with Crippen LogP contribution >= 0.6 is 0 Å². The summed E-state index contributed by atoms with van der Waals surface area (Å²) in [6, 6.07) is 1.45. The Morgan fingerprint density at radius 2 is 1.06 bits per heavy atom. The minimum atomic E-state index is 0.726. The standard InChI is InChI=1S/C13H29N2.Ga/c1-12(14(3)4)10-8-7-9-11-13(2)15(5)6;/h7,12-13H,8-11H2,1-6H3;. The first-order chi connectivity index (χ1) is 7.34. The van der Waals surface area contributed by atoms with Crippen LogP contribution < -0.4 is 0 Å². The Kier molecular flexibility index (Phi) is 8.92. The van der Waals surface area contributed by atoms with E-state index in [4.69, 9.17) is 0 Å². The molecule has 3 heteroatoms. The third kappa shape index (κ3) is 7.77. The molecule has 2 radical (unpaired) electrons. The second kappa shape index (κ2) is 8.62. The molecule has 2 nitrogen and oxygen atoms in total. The van der Waals surface area contributed by atoms with Crippen LogP contribution in [0.5, 0.6) is 0 Å². The summed E-state index contributed by atoms with van der Waals surface area (Å²) in [5, 5.41) is 0. The summed E-state index contributed by atoms with van der Waals surface area (Å²) in [7, 11) is 8.70. The van der Waals surface area contributed by atoms with Gasteiger partial charge in [0.1, 0.15) is 0 Å². The third-order valence-electron chi connectivity index (χ3n) is 3.67. The third-order valence-corrected chi connectivity index (χ3v) is 5.07. The monoisotopic (exact) mass is 282 g/mol. The van der Waals surface area contributed by atoms with E-state index in [0.717, 1.165) is 16.6 Å². The van der Waals surface area contributed by atoms with Crippen molar-refractivity contribution in [3.05, 3.63) is 0 Å². The van der Waals surface area contributed by atoms with Crippen LogP contribution in [0.1, 0.15) is 39.5 Å². The SMILES string of the molecule is CC(CC[CH]([Ga])CCC(C)N(C)C)N(C)C. The van der Waals surface area contributed by atoms with Crippen LogP contribution in [0.2, 0.25) is 4.47 Å². The Balaban J connectivity index is 3.63. The predicted molar refractivity (Wildman–Crippen MR) is 74.3 cm³/mol. The maximum atomic E-state index is 2.32. The molecule has 0 rings (SSSR count). The first kappa shape index (κ1) is 16.6. The molecule has 0 aromatic carbocycles. The molecule has 94 valence electrons. The molecule has 16 heavy (non-hydrogen) atoms. The molecule has 0 saturated heterocycles. The molecular weight excluding hydrogens is 254 g/mol. The van der Waals surface area contributed by atoms with Gasteiger partial charge in [-0.3, -0.25) is 0 Å². The van der Waals surface area contributed by atoms with E-state index in [1.807, 2.05) is 18.6 Å². The summed E-state index contributed by atoms with van der Waals surface area (Å²) in [6.07, 6.45) is 5.46. The molecule has 2 atom stereocenters. The molecule has 0 aliphatic heterocycles. The van der Waals surface area contributed by atoms with Crippen molar-refractivity contribution in [3.63, 3.8) is 0 Å². The van der Waals surface area contributed by atoms with E-state index >= 15 is 0 Å². The molecule has 0 fully saturated rings. The van der Waals surface area contributed by atoms with Crippen molar-refractivity contribution in [2.75, 3.05) is 28.2 Å². The normalized spacial score (nSPS) is 17.8. The van der Waals surface area contributed by atoms with Crippen molar-refractivity contribution < 1.29 is 0 Å². The van der Waals surface area contributed by atoms with Gasteiger partial charge in [0, 0.05) is 0 Å². The topological polar surface area (TPSA) is 6.48 Å². The molecule has 0 bridgehead atoms. The zero-order chi connectivity index (χ0) is 12.7. The quantitative estimate of drug-likeness (QED) is 0.631. The molecule has 0 spiro atoms. The first-order valence-corrected chi connectivity index (χ1v) is 7.82. The van der Waals surface area contributed by atoms with Gasteiger partial charge in [-0.1, -0.05) is 0 Å². The summed E-state index contributed by atoms with van der Waals surface area (Å²) in [4.78, 5) is 4.64. The van der Waals surface area contributed by atoms with E-state index in [0.29, 0.717) is 0 Å². The van der Waals surface area contributed by atoms with Crippen molar-refractivity contribution in [3.8, 4) is 0 Å². The van der Waals surface area contributed by atoms with Gasteiger partial charge in [0.05, 0.1) is 0 Å². The molecule has 0 aliphatic carbocycles. The van der Waals surface area contributed by atoms with Crippen molar-refractivity contribution in [2.45, 2.75) is 56.1 Å². The van der Waals surface area contributed by atoms with Crippen LogP contribution in [0.3, 0.4) is 0 Å². The van der Waals surface area contributed by atoms with Gasteiger partial charge in [-0.25, -0.2) is 0 Å². The average molecular weight is 283 g/mol. The summed E-state index contributed by atoms with van der Waals surface area (Å²) in [5.41, 5.74) is 0. The van der Waals surface area contributed by atoms with Crippen LogP contribution in [0.4, 0.5) is 0 Å². The second-order valence-electron chi connectivity index (χ2n) is 5.54. The second-order valence-corrected chi connectivity index (χ2v) is 7.52. The van der Waals surface area contributed by atoms with E-state index in [1.165, 1.54) is 25.7 Å². The Bertz CT molecular complexity index is 153. The fourth-order valence-corrected chi connectivity index (χ4v) is 2.38. The summed E-state index contributed by atoms with van der Waals surface area (Å²) < 4.78 is 0.928. The number of hydrogen-bond donors (Lipinski definition) is 0. The summed E-state index contributed by atoms with van der Waals surface area (Å²) in [6.45, 7) is 4.64. The molecule has 0 saturated carbocycles. The summed E-state index contributed by atoms with van der Waals surface area (Å²) in [5.74, 6) is 0. The molecule has 0 aliphatic rings. The minimum absolute atomic E-state index is 0.726. The van der Waals surface area contributed by atoms with Gasteiger partial charge in [-0.15, -0.1) is 0 Å². The first-order valence-electron chi connectivity index (χ1n) is 6.43. The fraction of sp³-hybridized carbons (Fsp3) is 1.00. The average Bonchev–Trinajstić information content (AvgIpc) is 2.21. The van der Waals surface area contributed by atoms with E-state index in [-0.39, 0.29) is 0 Å². The predicted octanol–water partition coefficient (Wildman–Crippen LogP) is 2.40. The molecular formula is C13H29GaN2. The van der Waals surface area contributed by atoms with Crippen molar-refractivity contribution in [1.29, 1.82) is 0 Å². The van der Waals surface area contributed by atoms with Gasteiger partial charge in [-0.2, -0.15) is 0 Å². The molecule has 0 aromatic rings. The van der Waals surface area contributed by atoms with Crippen LogP contribution in [0.25, 0.3) is 0 Å². The molecule has 0 N–H and O–H groups in total. The van der Waals surface area contributed by atoms with E-state index in [9.17, 15) is 0 Å². The maximum absolute atomic E-state index is 2.32. The summed E-state index contributed by atoms with van der Waals surface area (Å²) >= 11 is 1.93. The van der Waals surface area contributed by atoms with Crippen molar-refractivity contribution >= 4 is 18.6 Å². The zero-order valence-electron chi connectivity index (χ0n) is 12.0. The van der Waals surface area contributed by atoms with Crippen molar-refractivity contribution in [1.82, 2.24) is 9.80 Å². The van der Waals surface area contributed by atoms with Gasteiger partial charge in [-0.05, 0) is 0 Å². The molecule has 2 unspecified atom stereocenters. The molecule has 0 amide bonds. The zero-order valence-corrected chi connectivity index (χ0v) is 14.5. The molecule has 0 aromatic heterocycles. The van der Waals surface area contributed by atoms with Crippen LogP contribution in [0.15, 0.2) is 0 Å². The van der Waals surface area contributed by atoms with Gasteiger partial charge >= 0.3 is 113 Å². The Morgan fingerprint density at radius 1 is 0.750 bits per heavy atom. The van der Waals surface area contributed by atoms with Gasteiger partial charge in [0.15, 0.2) is 0 Å². The molecule has 0 heterocycles. The fourth-order valence-electron chi connectivity index (χ4n) is 1.57. The van der Waals surface area contributed by atoms with Gasteiger partial charge < -0.3 is 0 Å². The number of hydrogen-bond acceptors (Lipinski definition) is 2. The Hall–Kier alpha value is 0.556. The van der Waals surface area contributed by atoms with E-state index in [1.54, 1.807) is 0 Å². The Morgan fingerprint density at radius 3 is 1.31 bits per heavy atom. The van der Waals surface area contributed by atoms with Crippen LogP contribution in [-0.2, 0) is 0 Å². The van der Waals surface area contributed by atoms with Crippen LogP contribution in [-0.4, -0.2) is 68.7 Å². The Labute approximate surface area is 113 Å². The van der Waals surface area contributed by atoms with Gasteiger partial charge in [0.25, 0.3) is 0 Å². The van der Waals surface area contributed by atoms with Gasteiger partial charge in [0.2, 0.25) is 0 Å². The van der Waals surface area contributed by atoms with E-state index in [2.05, 4.69) is 51.8 Å². The van der Waals surface area contributed by atoms with Crippen LogP contribution in [0, 0.1) is 0 Å². The van der Waals surface area contributed by atoms with E-state index < -0.39 is 0 Å².